The molecule has 0 bridgehead atoms. The van der Waals surface area contributed by atoms with Gasteiger partial charge in [0.25, 0.3) is 0 Å². The van der Waals surface area contributed by atoms with Gasteiger partial charge in [0.15, 0.2) is 0 Å². The van der Waals surface area contributed by atoms with E-state index in [1.54, 1.807) is 26.1 Å². The summed E-state index contributed by atoms with van der Waals surface area (Å²) in [4.78, 5) is 13.4. The van der Waals surface area contributed by atoms with Gasteiger partial charge in [-0.2, -0.15) is 0 Å². The summed E-state index contributed by atoms with van der Waals surface area (Å²) in [6.45, 7) is 2.40. The molecule has 4 nitrogen and oxygen atoms in total. The number of amides is 1. The Hall–Kier alpha value is -1.55. The maximum atomic E-state index is 11.8. The number of benzene rings is 1. The quantitative estimate of drug-likeness (QED) is 0.841. The number of hydrogen-bond acceptors (Lipinski definition) is 3. The molecule has 0 aliphatic carbocycles. The second-order valence-corrected chi connectivity index (χ2v) is 3.84. The molecule has 4 heteroatoms. The van der Waals surface area contributed by atoms with Crippen molar-refractivity contribution in [2.75, 3.05) is 32.6 Å². The van der Waals surface area contributed by atoms with Crippen LogP contribution in [0.25, 0.3) is 0 Å². The second-order valence-electron chi connectivity index (χ2n) is 3.84. The van der Waals surface area contributed by atoms with E-state index in [0.29, 0.717) is 12.3 Å². The Morgan fingerprint density at radius 1 is 1.47 bits per heavy atom. The summed E-state index contributed by atoms with van der Waals surface area (Å²) in [6, 6.07) is 5.91. The molecule has 1 rings (SSSR count). The van der Waals surface area contributed by atoms with Crippen LogP contribution in [0.1, 0.15) is 12.5 Å². The van der Waals surface area contributed by atoms with Gasteiger partial charge < -0.3 is 15.0 Å². The zero-order valence-corrected chi connectivity index (χ0v) is 10.9. The maximum absolute atomic E-state index is 11.8. The average molecular weight is 236 g/mol. The van der Waals surface area contributed by atoms with E-state index >= 15 is 0 Å². The number of methoxy groups -OCH3 is 1. The first-order valence-electron chi connectivity index (χ1n) is 5.72. The summed E-state index contributed by atoms with van der Waals surface area (Å²) in [7, 11) is 5.13. The molecule has 0 aliphatic rings. The molecule has 0 fully saturated rings. The lowest BCUT2D eigenvalue weighted by molar-refractivity contribution is -0.117. The molecule has 0 heterocycles. The van der Waals surface area contributed by atoms with E-state index in [1.807, 2.05) is 18.2 Å². The molecule has 0 aliphatic heterocycles. The minimum absolute atomic E-state index is 0.0130. The molecule has 0 spiro atoms. The molecule has 0 aromatic heterocycles. The van der Waals surface area contributed by atoms with Gasteiger partial charge in [0.05, 0.1) is 19.3 Å². The Bertz CT molecular complexity index is 391. The van der Waals surface area contributed by atoms with Crippen molar-refractivity contribution in [3.05, 3.63) is 23.8 Å². The molecule has 17 heavy (non-hydrogen) atoms. The van der Waals surface area contributed by atoms with Crippen molar-refractivity contribution in [3.63, 3.8) is 0 Å². The third-order valence-electron chi connectivity index (χ3n) is 2.71. The van der Waals surface area contributed by atoms with E-state index in [0.717, 1.165) is 12.1 Å². The third kappa shape index (κ3) is 3.20. The number of nitrogens with one attached hydrogen (secondary N) is 1. The summed E-state index contributed by atoms with van der Waals surface area (Å²) in [5, 5.41) is 2.85. The topological polar surface area (TPSA) is 41.6 Å². The molecule has 1 aromatic carbocycles. The van der Waals surface area contributed by atoms with E-state index in [9.17, 15) is 4.79 Å². The first-order valence-corrected chi connectivity index (χ1v) is 5.72. The first-order chi connectivity index (χ1) is 8.13. The highest BCUT2D eigenvalue weighted by Gasteiger charge is 2.14. The molecular weight excluding hydrogens is 216 g/mol. The van der Waals surface area contributed by atoms with Crippen molar-refractivity contribution >= 4 is 11.6 Å². The summed E-state index contributed by atoms with van der Waals surface area (Å²) in [5.41, 5.74) is 2.00. The van der Waals surface area contributed by atoms with Gasteiger partial charge >= 0.3 is 0 Å². The molecular formula is C13H20N2O2. The lowest BCUT2D eigenvalue weighted by Gasteiger charge is -2.20. The highest BCUT2D eigenvalue weighted by Crippen LogP contribution is 2.28. The van der Waals surface area contributed by atoms with Gasteiger partial charge in [-0.3, -0.25) is 4.79 Å². The van der Waals surface area contributed by atoms with Crippen LogP contribution in [-0.4, -0.2) is 33.7 Å². The Morgan fingerprint density at radius 2 is 2.18 bits per heavy atom. The standard InChI is InChI=1S/C13H20N2O2/c1-5-10-6-7-12(17-4)11(8-10)15(3)13(16)9-14-2/h6-8,14H,5,9H2,1-4H3. The minimum Gasteiger partial charge on any atom is -0.495 e. The molecule has 0 saturated heterocycles. The fourth-order valence-corrected chi connectivity index (χ4v) is 1.62. The van der Waals surface area contributed by atoms with Crippen LogP contribution in [0.3, 0.4) is 0 Å². The van der Waals surface area contributed by atoms with Crippen LogP contribution in [0.15, 0.2) is 18.2 Å². The van der Waals surface area contributed by atoms with Crippen molar-refractivity contribution in [2.45, 2.75) is 13.3 Å². The van der Waals surface area contributed by atoms with E-state index < -0.39 is 0 Å². The Morgan fingerprint density at radius 3 is 2.71 bits per heavy atom. The molecule has 1 amide bonds. The molecule has 0 unspecified atom stereocenters. The Kier molecular flexibility index (Phi) is 4.97. The number of anilines is 1. The fraction of sp³-hybridized carbons (Fsp3) is 0.462. The van der Waals surface area contributed by atoms with Crippen LogP contribution in [-0.2, 0) is 11.2 Å². The number of rotatable bonds is 5. The first kappa shape index (κ1) is 13.5. The van der Waals surface area contributed by atoms with Crippen LogP contribution < -0.4 is 15.0 Å². The number of hydrogen-bond donors (Lipinski definition) is 1. The van der Waals surface area contributed by atoms with Gasteiger partial charge in [0, 0.05) is 7.05 Å². The molecule has 1 N–H and O–H groups in total. The third-order valence-corrected chi connectivity index (χ3v) is 2.71. The van der Waals surface area contributed by atoms with E-state index in [2.05, 4.69) is 12.2 Å². The number of ether oxygens (including phenoxy) is 1. The van der Waals surface area contributed by atoms with Crippen LogP contribution >= 0.6 is 0 Å². The number of carbonyl (C=O) groups excluding carboxylic acids is 1. The maximum Gasteiger partial charge on any atom is 0.240 e. The predicted octanol–water partition coefficient (Wildman–Crippen LogP) is 1.44. The summed E-state index contributed by atoms with van der Waals surface area (Å²) >= 11 is 0. The number of aryl methyl sites for hydroxylation is 1. The van der Waals surface area contributed by atoms with E-state index in [1.165, 1.54) is 5.56 Å². The zero-order chi connectivity index (χ0) is 12.8. The van der Waals surface area contributed by atoms with Gasteiger partial charge in [0.1, 0.15) is 5.75 Å². The Balaban J connectivity index is 3.04. The number of nitrogens with zero attached hydrogens (tertiary/aromatic N) is 1. The van der Waals surface area contributed by atoms with Crippen LogP contribution in [0.2, 0.25) is 0 Å². The lowest BCUT2D eigenvalue weighted by Crippen LogP contribution is -2.34. The monoisotopic (exact) mass is 236 g/mol. The van der Waals surface area contributed by atoms with Gasteiger partial charge in [-0.1, -0.05) is 13.0 Å². The van der Waals surface area contributed by atoms with Crippen molar-refractivity contribution < 1.29 is 9.53 Å². The number of carbonyl (C=O) groups is 1. The smallest absolute Gasteiger partial charge is 0.240 e. The zero-order valence-electron chi connectivity index (χ0n) is 10.9. The molecule has 0 saturated carbocycles. The van der Waals surface area contributed by atoms with Crippen molar-refractivity contribution in [1.29, 1.82) is 0 Å². The lowest BCUT2D eigenvalue weighted by atomic mass is 10.1. The van der Waals surface area contributed by atoms with Crippen LogP contribution in [0.4, 0.5) is 5.69 Å². The van der Waals surface area contributed by atoms with Crippen LogP contribution in [0.5, 0.6) is 5.75 Å². The average Bonchev–Trinajstić information content (AvgIpc) is 2.37. The summed E-state index contributed by atoms with van der Waals surface area (Å²) < 4.78 is 5.28. The predicted molar refractivity (Wildman–Crippen MR) is 69.7 cm³/mol. The van der Waals surface area contributed by atoms with E-state index in [-0.39, 0.29) is 5.91 Å². The van der Waals surface area contributed by atoms with Crippen molar-refractivity contribution in [2.24, 2.45) is 0 Å². The fourth-order valence-electron chi connectivity index (χ4n) is 1.62. The van der Waals surface area contributed by atoms with Crippen molar-refractivity contribution in [3.8, 4) is 5.75 Å². The largest absolute Gasteiger partial charge is 0.495 e. The molecule has 1 aromatic rings. The normalized spacial score (nSPS) is 10.1. The van der Waals surface area contributed by atoms with Crippen molar-refractivity contribution in [1.82, 2.24) is 5.32 Å². The SMILES string of the molecule is CCc1ccc(OC)c(N(C)C(=O)CNC)c1. The molecule has 0 atom stereocenters. The minimum atomic E-state index is 0.0130. The van der Waals surface area contributed by atoms with Gasteiger partial charge in [-0.15, -0.1) is 0 Å². The van der Waals surface area contributed by atoms with Crippen LogP contribution in [0, 0.1) is 0 Å². The highest BCUT2D eigenvalue weighted by atomic mass is 16.5. The highest BCUT2D eigenvalue weighted by molar-refractivity contribution is 5.95. The van der Waals surface area contributed by atoms with Gasteiger partial charge in [-0.25, -0.2) is 0 Å². The van der Waals surface area contributed by atoms with Gasteiger partial charge in [0.2, 0.25) is 5.91 Å². The summed E-state index contributed by atoms with van der Waals surface area (Å²) in [6.07, 6.45) is 0.936. The molecule has 94 valence electrons. The van der Waals surface area contributed by atoms with E-state index in [4.69, 9.17) is 4.74 Å². The number of likely N-dealkylation sites (N-methyl/N-ethyl adjacent to an activating group) is 2. The second kappa shape index (κ2) is 6.25. The van der Waals surface area contributed by atoms with Gasteiger partial charge in [-0.05, 0) is 31.2 Å². The Labute approximate surface area is 103 Å². The molecule has 0 radical (unpaired) electrons. The summed E-state index contributed by atoms with van der Waals surface area (Å²) in [5.74, 6) is 0.730.